The standard InChI is InChI=1S/C17H23N3O3/c1-10-7-14(12(3)20(10)16-8-11(2)23-19-16)17(22)18-9-13-5-4-6-15(13)21/h7-8,13,15,21H,4-6,9H2,1-3H3,(H,18,22). The summed E-state index contributed by atoms with van der Waals surface area (Å²) in [4.78, 5) is 12.5. The van der Waals surface area contributed by atoms with Crippen LogP contribution in [-0.4, -0.2) is 33.4 Å². The van der Waals surface area contributed by atoms with Gasteiger partial charge in [-0.3, -0.25) is 9.36 Å². The van der Waals surface area contributed by atoms with Gasteiger partial charge in [-0.2, -0.15) is 0 Å². The average molecular weight is 317 g/mol. The first-order chi connectivity index (χ1) is 11.0. The summed E-state index contributed by atoms with van der Waals surface area (Å²) in [5.41, 5.74) is 2.40. The van der Waals surface area contributed by atoms with Gasteiger partial charge in [-0.05, 0) is 39.7 Å². The number of aliphatic hydroxyl groups excluding tert-OH is 1. The minimum Gasteiger partial charge on any atom is -0.393 e. The van der Waals surface area contributed by atoms with E-state index in [1.807, 2.05) is 37.5 Å². The number of carbonyl (C=O) groups excluding carboxylic acids is 1. The highest BCUT2D eigenvalue weighted by atomic mass is 16.5. The predicted molar refractivity (Wildman–Crippen MR) is 85.7 cm³/mol. The van der Waals surface area contributed by atoms with Gasteiger partial charge in [-0.15, -0.1) is 0 Å². The Labute approximate surface area is 135 Å². The van der Waals surface area contributed by atoms with Crippen LogP contribution in [0.25, 0.3) is 5.82 Å². The van der Waals surface area contributed by atoms with Gasteiger partial charge in [0, 0.05) is 29.9 Å². The fraction of sp³-hybridized carbons (Fsp3) is 0.529. The highest BCUT2D eigenvalue weighted by Gasteiger charge is 2.26. The molecule has 23 heavy (non-hydrogen) atoms. The van der Waals surface area contributed by atoms with E-state index >= 15 is 0 Å². The Bertz CT molecular complexity index is 717. The molecule has 2 aromatic rings. The van der Waals surface area contributed by atoms with Crippen LogP contribution >= 0.6 is 0 Å². The van der Waals surface area contributed by atoms with Crippen LogP contribution in [0.3, 0.4) is 0 Å². The summed E-state index contributed by atoms with van der Waals surface area (Å²) in [6, 6.07) is 3.70. The number of aromatic nitrogens is 2. The fourth-order valence-electron chi connectivity index (χ4n) is 3.38. The van der Waals surface area contributed by atoms with Crippen molar-refractivity contribution < 1.29 is 14.4 Å². The van der Waals surface area contributed by atoms with Gasteiger partial charge in [0.1, 0.15) is 5.76 Å². The number of hydrogen-bond donors (Lipinski definition) is 2. The molecule has 6 heteroatoms. The summed E-state index contributed by atoms with van der Waals surface area (Å²) in [5, 5.41) is 16.8. The molecule has 2 atom stereocenters. The van der Waals surface area contributed by atoms with E-state index in [0.717, 1.165) is 36.4 Å². The van der Waals surface area contributed by atoms with Crippen LogP contribution < -0.4 is 5.32 Å². The first-order valence-corrected chi connectivity index (χ1v) is 8.06. The van der Waals surface area contributed by atoms with Crippen LogP contribution in [0.2, 0.25) is 0 Å². The van der Waals surface area contributed by atoms with Crippen LogP contribution in [0.5, 0.6) is 0 Å². The zero-order chi connectivity index (χ0) is 16.6. The molecule has 0 spiro atoms. The molecule has 0 aromatic carbocycles. The number of carbonyl (C=O) groups is 1. The van der Waals surface area contributed by atoms with Gasteiger partial charge in [-0.25, -0.2) is 0 Å². The second kappa shape index (κ2) is 6.20. The molecule has 1 amide bonds. The molecular formula is C17H23N3O3. The molecule has 6 nitrogen and oxygen atoms in total. The van der Waals surface area contributed by atoms with Crippen molar-refractivity contribution in [1.82, 2.24) is 15.0 Å². The lowest BCUT2D eigenvalue weighted by molar-refractivity contribution is 0.0916. The Morgan fingerprint density at radius 2 is 2.17 bits per heavy atom. The number of rotatable bonds is 4. The molecule has 124 valence electrons. The van der Waals surface area contributed by atoms with E-state index in [-0.39, 0.29) is 17.9 Å². The zero-order valence-corrected chi connectivity index (χ0v) is 13.8. The highest BCUT2D eigenvalue weighted by Crippen LogP contribution is 2.25. The van der Waals surface area contributed by atoms with Crippen LogP contribution in [0.1, 0.15) is 46.8 Å². The normalized spacial score (nSPS) is 20.9. The van der Waals surface area contributed by atoms with Crippen molar-refractivity contribution in [3.05, 3.63) is 34.8 Å². The fourth-order valence-corrected chi connectivity index (χ4v) is 3.38. The average Bonchev–Trinajstić information content (AvgIpc) is 3.17. The van der Waals surface area contributed by atoms with Gasteiger partial charge in [0.25, 0.3) is 5.91 Å². The molecule has 2 heterocycles. The maximum atomic E-state index is 12.5. The number of aryl methyl sites for hydroxylation is 2. The van der Waals surface area contributed by atoms with Crippen LogP contribution in [0.4, 0.5) is 0 Å². The Morgan fingerprint density at radius 3 is 2.78 bits per heavy atom. The van der Waals surface area contributed by atoms with Crippen molar-refractivity contribution >= 4 is 5.91 Å². The molecule has 2 aromatic heterocycles. The lowest BCUT2D eigenvalue weighted by Gasteiger charge is -2.15. The molecular weight excluding hydrogens is 294 g/mol. The lowest BCUT2D eigenvalue weighted by atomic mass is 10.1. The van der Waals surface area contributed by atoms with E-state index < -0.39 is 0 Å². The zero-order valence-electron chi connectivity index (χ0n) is 13.8. The highest BCUT2D eigenvalue weighted by molar-refractivity contribution is 5.95. The maximum Gasteiger partial charge on any atom is 0.253 e. The second-order valence-corrected chi connectivity index (χ2v) is 6.38. The smallest absolute Gasteiger partial charge is 0.253 e. The third-order valence-corrected chi connectivity index (χ3v) is 4.66. The maximum absolute atomic E-state index is 12.5. The monoisotopic (exact) mass is 317 g/mol. The number of aliphatic hydroxyl groups is 1. The number of nitrogens with zero attached hydrogens (tertiary/aromatic N) is 2. The van der Waals surface area contributed by atoms with E-state index in [9.17, 15) is 9.90 Å². The molecule has 0 radical (unpaired) electrons. The predicted octanol–water partition coefficient (Wildman–Crippen LogP) is 2.28. The van der Waals surface area contributed by atoms with Crippen molar-refractivity contribution in [2.45, 2.75) is 46.1 Å². The topological polar surface area (TPSA) is 80.3 Å². The third kappa shape index (κ3) is 3.03. The van der Waals surface area contributed by atoms with Gasteiger partial charge in [-0.1, -0.05) is 11.6 Å². The molecule has 1 fully saturated rings. The third-order valence-electron chi connectivity index (χ3n) is 4.66. The van der Waals surface area contributed by atoms with Crippen molar-refractivity contribution in [3.63, 3.8) is 0 Å². The summed E-state index contributed by atoms with van der Waals surface area (Å²) < 4.78 is 7.04. The van der Waals surface area contributed by atoms with E-state index in [4.69, 9.17) is 4.52 Å². The largest absolute Gasteiger partial charge is 0.393 e. The summed E-state index contributed by atoms with van der Waals surface area (Å²) in [5.74, 6) is 1.47. The Kier molecular flexibility index (Phi) is 4.26. The molecule has 1 saturated carbocycles. The molecule has 0 bridgehead atoms. The molecule has 0 aliphatic heterocycles. The summed E-state index contributed by atoms with van der Waals surface area (Å²) in [6.45, 7) is 6.20. The van der Waals surface area contributed by atoms with Crippen molar-refractivity contribution in [2.75, 3.05) is 6.54 Å². The molecule has 2 N–H and O–H groups in total. The Morgan fingerprint density at radius 1 is 1.39 bits per heavy atom. The van der Waals surface area contributed by atoms with Crippen molar-refractivity contribution in [2.24, 2.45) is 5.92 Å². The van der Waals surface area contributed by atoms with Gasteiger partial charge >= 0.3 is 0 Å². The van der Waals surface area contributed by atoms with Crippen molar-refractivity contribution in [3.8, 4) is 5.82 Å². The SMILES string of the molecule is Cc1cc(-n2c(C)cc(C(=O)NCC3CCCC3O)c2C)no1. The molecule has 0 saturated heterocycles. The first-order valence-electron chi connectivity index (χ1n) is 8.06. The van der Waals surface area contributed by atoms with E-state index in [1.165, 1.54) is 0 Å². The minimum absolute atomic E-state index is 0.108. The van der Waals surface area contributed by atoms with E-state index in [2.05, 4.69) is 10.5 Å². The lowest BCUT2D eigenvalue weighted by Crippen LogP contribution is -2.32. The van der Waals surface area contributed by atoms with E-state index in [1.54, 1.807) is 0 Å². The van der Waals surface area contributed by atoms with Gasteiger partial charge in [0.2, 0.25) is 0 Å². The van der Waals surface area contributed by atoms with Gasteiger partial charge in [0.15, 0.2) is 5.82 Å². The quantitative estimate of drug-likeness (QED) is 0.906. The van der Waals surface area contributed by atoms with E-state index in [0.29, 0.717) is 17.9 Å². The number of amides is 1. The summed E-state index contributed by atoms with van der Waals surface area (Å²) in [7, 11) is 0. The number of hydrogen-bond acceptors (Lipinski definition) is 4. The first kappa shape index (κ1) is 15.8. The van der Waals surface area contributed by atoms with Crippen molar-refractivity contribution in [1.29, 1.82) is 0 Å². The summed E-state index contributed by atoms with van der Waals surface area (Å²) >= 11 is 0. The van der Waals surface area contributed by atoms with Crippen LogP contribution in [0, 0.1) is 26.7 Å². The minimum atomic E-state index is -0.291. The molecule has 3 rings (SSSR count). The van der Waals surface area contributed by atoms with Gasteiger partial charge < -0.3 is 14.9 Å². The molecule has 1 aliphatic rings. The van der Waals surface area contributed by atoms with Crippen LogP contribution in [0.15, 0.2) is 16.7 Å². The van der Waals surface area contributed by atoms with Gasteiger partial charge in [0.05, 0.1) is 11.7 Å². The second-order valence-electron chi connectivity index (χ2n) is 6.38. The summed E-state index contributed by atoms with van der Waals surface area (Å²) in [6.07, 6.45) is 2.54. The number of nitrogens with one attached hydrogen (secondary N) is 1. The molecule has 2 unspecified atom stereocenters. The van der Waals surface area contributed by atoms with Crippen LogP contribution in [-0.2, 0) is 0 Å². The Hall–Kier alpha value is -2.08. The molecule has 1 aliphatic carbocycles. The Balaban J connectivity index is 1.76.